The molecule has 0 aromatic heterocycles. The topological polar surface area (TPSA) is 0 Å². The monoisotopic (exact) mass is 162 g/mol. The van der Waals surface area contributed by atoms with Crippen molar-refractivity contribution in [3.63, 3.8) is 0 Å². The molecule has 0 saturated heterocycles. The molecule has 0 spiro atoms. The molecule has 0 amide bonds. The fourth-order valence-corrected chi connectivity index (χ4v) is 0.829. The Morgan fingerprint density at radius 2 is 2.29 bits per heavy atom. The molecule has 0 aromatic rings. The van der Waals surface area contributed by atoms with Crippen molar-refractivity contribution in [3.8, 4) is 0 Å². The van der Waals surface area contributed by atoms with E-state index in [0.717, 1.165) is 5.33 Å². The Morgan fingerprint density at radius 3 is 2.43 bits per heavy atom. The molecule has 0 unspecified atom stereocenters. The number of halogens is 1. The Bertz CT molecular complexity index is 64.6. The van der Waals surface area contributed by atoms with Crippen molar-refractivity contribution in [2.24, 2.45) is 0 Å². The normalized spacial score (nSPS) is 12.1. The van der Waals surface area contributed by atoms with Gasteiger partial charge in [0.05, 0.1) is 0 Å². The molecule has 0 fully saturated rings. The predicted octanol–water partition coefficient (Wildman–Crippen LogP) is 2.74. The lowest BCUT2D eigenvalue weighted by Crippen LogP contribution is -1.69. The summed E-state index contributed by atoms with van der Waals surface area (Å²) in [6.07, 6.45) is 3.35. The smallest absolute Gasteiger partial charge is 0.0214 e. The van der Waals surface area contributed by atoms with Crippen molar-refractivity contribution in [1.82, 2.24) is 0 Å². The fourth-order valence-electron chi connectivity index (χ4n) is 0.276. The van der Waals surface area contributed by atoms with Crippen molar-refractivity contribution < 1.29 is 0 Å². The molecule has 0 heterocycles. The van der Waals surface area contributed by atoms with Crippen molar-refractivity contribution in [2.45, 2.75) is 20.3 Å². The van der Waals surface area contributed by atoms with Gasteiger partial charge >= 0.3 is 0 Å². The lowest BCUT2D eigenvalue weighted by Gasteiger charge is -1.87. The summed E-state index contributed by atoms with van der Waals surface area (Å²) in [4.78, 5) is 0. The number of allylic oxidation sites excluding steroid dienone is 2. The molecule has 0 atom stereocenters. The van der Waals surface area contributed by atoms with E-state index in [4.69, 9.17) is 0 Å². The minimum Gasteiger partial charge on any atom is -0.0883 e. The van der Waals surface area contributed by atoms with E-state index in [1.165, 1.54) is 12.0 Å². The summed E-state index contributed by atoms with van der Waals surface area (Å²) < 4.78 is 0. The quantitative estimate of drug-likeness (QED) is 0.433. The molecule has 7 heavy (non-hydrogen) atoms. The summed E-state index contributed by atoms with van der Waals surface area (Å²) >= 11 is 3.31. The minimum absolute atomic E-state index is 0.993. The highest BCUT2D eigenvalue weighted by Gasteiger charge is 1.77. The largest absolute Gasteiger partial charge is 0.0883 e. The maximum absolute atomic E-state index is 3.31. The number of alkyl halides is 1. The molecule has 0 aliphatic rings. The summed E-state index contributed by atoms with van der Waals surface area (Å²) in [5, 5.41) is 0.993. The van der Waals surface area contributed by atoms with Crippen LogP contribution in [-0.4, -0.2) is 5.33 Å². The van der Waals surface area contributed by atoms with Crippen LogP contribution in [0, 0.1) is 0 Å². The third-order valence-corrected chi connectivity index (χ3v) is 1.31. The second-order valence-electron chi connectivity index (χ2n) is 1.56. The molecule has 1 heteroatoms. The average molecular weight is 163 g/mol. The van der Waals surface area contributed by atoms with Gasteiger partial charge < -0.3 is 0 Å². The lowest BCUT2D eigenvalue weighted by atomic mass is 10.2. The Morgan fingerprint density at radius 1 is 1.71 bits per heavy atom. The molecule has 0 N–H and O–H groups in total. The highest BCUT2D eigenvalue weighted by atomic mass is 79.9. The second-order valence-corrected chi connectivity index (χ2v) is 2.21. The van der Waals surface area contributed by atoms with Crippen molar-refractivity contribution >= 4 is 15.9 Å². The first kappa shape index (κ1) is 7.22. The van der Waals surface area contributed by atoms with Crippen LogP contribution in [0.2, 0.25) is 0 Å². The highest BCUT2D eigenvalue weighted by Crippen LogP contribution is 1.97. The van der Waals surface area contributed by atoms with E-state index in [2.05, 4.69) is 35.9 Å². The van der Waals surface area contributed by atoms with Gasteiger partial charge in [0.25, 0.3) is 0 Å². The SMILES string of the molecule is CC/C(C)=C\CBr. The van der Waals surface area contributed by atoms with Crippen LogP contribution in [0.4, 0.5) is 0 Å². The van der Waals surface area contributed by atoms with Gasteiger partial charge in [0.1, 0.15) is 0 Å². The Balaban J connectivity index is 3.29. The third-order valence-electron chi connectivity index (χ3n) is 0.983. The van der Waals surface area contributed by atoms with Gasteiger partial charge in [-0.3, -0.25) is 0 Å². The summed E-state index contributed by atoms with van der Waals surface area (Å²) in [6, 6.07) is 0. The third kappa shape index (κ3) is 4.07. The summed E-state index contributed by atoms with van der Waals surface area (Å²) in [5.41, 5.74) is 1.46. The first-order valence-corrected chi connectivity index (χ1v) is 3.65. The Hall–Kier alpha value is 0.220. The maximum Gasteiger partial charge on any atom is 0.0214 e. The van der Waals surface area contributed by atoms with Gasteiger partial charge in [-0.2, -0.15) is 0 Å². The van der Waals surface area contributed by atoms with Crippen LogP contribution in [0.15, 0.2) is 11.6 Å². The first-order chi connectivity index (χ1) is 3.31. The molecule has 0 bridgehead atoms. The molecule has 42 valence electrons. The average Bonchev–Trinajstić information content (AvgIpc) is 1.68. The van der Waals surface area contributed by atoms with E-state index in [0.29, 0.717) is 0 Å². The maximum atomic E-state index is 3.31. The van der Waals surface area contributed by atoms with Gasteiger partial charge in [-0.15, -0.1) is 0 Å². The van der Waals surface area contributed by atoms with Gasteiger partial charge in [-0.25, -0.2) is 0 Å². The van der Waals surface area contributed by atoms with E-state index in [1.54, 1.807) is 0 Å². The van der Waals surface area contributed by atoms with E-state index >= 15 is 0 Å². The van der Waals surface area contributed by atoms with E-state index in [-0.39, 0.29) is 0 Å². The standard InChI is InChI=1S/C6H11Br/c1-3-6(2)4-5-7/h4H,3,5H2,1-2H3/b6-4-. The van der Waals surface area contributed by atoms with Crippen LogP contribution in [0.3, 0.4) is 0 Å². The second kappa shape index (κ2) is 4.38. The zero-order valence-electron chi connectivity index (χ0n) is 4.87. The van der Waals surface area contributed by atoms with Crippen LogP contribution in [0.1, 0.15) is 20.3 Å². The van der Waals surface area contributed by atoms with Gasteiger partial charge in [-0.05, 0) is 13.3 Å². The molecule has 0 aliphatic heterocycles. The Kier molecular flexibility index (Phi) is 4.52. The number of hydrogen-bond acceptors (Lipinski definition) is 0. The summed E-state index contributed by atoms with van der Waals surface area (Å²) in [6.45, 7) is 4.30. The lowest BCUT2D eigenvalue weighted by molar-refractivity contribution is 1.09. The van der Waals surface area contributed by atoms with E-state index in [1.807, 2.05) is 0 Å². The van der Waals surface area contributed by atoms with E-state index < -0.39 is 0 Å². The molecular weight excluding hydrogens is 152 g/mol. The highest BCUT2D eigenvalue weighted by molar-refractivity contribution is 9.09. The molecule has 0 aliphatic carbocycles. The molecule has 0 radical (unpaired) electrons. The van der Waals surface area contributed by atoms with Gasteiger partial charge in [0.15, 0.2) is 0 Å². The molecular formula is C6H11Br. The van der Waals surface area contributed by atoms with E-state index in [9.17, 15) is 0 Å². The molecule has 0 nitrogen and oxygen atoms in total. The zero-order chi connectivity index (χ0) is 5.70. The van der Waals surface area contributed by atoms with Crippen LogP contribution in [0.5, 0.6) is 0 Å². The van der Waals surface area contributed by atoms with Gasteiger partial charge in [0.2, 0.25) is 0 Å². The summed E-state index contributed by atoms with van der Waals surface area (Å²) in [7, 11) is 0. The number of hydrogen-bond donors (Lipinski definition) is 0. The van der Waals surface area contributed by atoms with Gasteiger partial charge in [-0.1, -0.05) is 34.5 Å². The van der Waals surface area contributed by atoms with Gasteiger partial charge in [0, 0.05) is 5.33 Å². The predicted molar refractivity (Wildman–Crippen MR) is 37.8 cm³/mol. The van der Waals surface area contributed by atoms with Crippen molar-refractivity contribution in [3.05, 3.63) is 11.6 Å². The van der Waals surface area contributed by atoms with Crippen LogP contribution >= 0.6 is 15.9 Å². The summed E-state index contributed by atoms with van der Waals surface area (Å²) in [5.74, 6) is 0. The number of rotatable bonds is 2. The molecule has 0 saturated carbocycles. The molecule has 0 aromatic carbocycles. The minimum atomic E-state index is 0.993. The van der Waals surface area contributed by atoms with Crippen LogP contribution in [-0.2, 0) is 0 Å². The zero-order valence-corrected chi connectivity index (χ0v) is 6.46. The van der Waals surface area contributed by atoms with Crippen LogP contribution in [0.25, 0.3) is 0 Å². The van der Waals surface area contributed by atoms with Crippen molar-refractivity contribution in [2.75, 3.05) is 5.33 Å². The molecule has 0 rings (SSSR count). The Labute approximate surface area is 53.7 Å². The van der Waals surface area contributed by atoms with Crippen LogP contribution < -0.4 is 0 Å². The first-order valence-electron chi connectivity index (χ1n) is 2.52. The van der Waals surface area contributed by atoms with Crippen molar-refractivity contribution in [1.29, 1.82) is 0 Å². The fraction of sp³-hybridized carbons (Fsp3) is 0.667.